The van der Waals surface area contributed by atoms with Gasteiger partial charge in [0.15, 0.2) is 5.11 Å². The highest BCUT2D eigenvalue weighted by atomic mass is 32.2. The first-order valence-electron chi connectivity index (χ1n) is 11.3. The molecule has 178 valence electrons. The number of benzene rings is 3. The Hall–Kier alpha value is -2.97. The summed E-state index contributed by atoms with van der Waals surface area (Å²) in [6.07, 6.45) is 1.28. The Morgan fingerprint density at radius 3 is 2.18 bits per heavy atom. The second-order valence-corrected chi connectivity index (χ2v) is 11.1. The van der Waals surface area contributed by atoms with Gasteiger partial charge >= 0.3 is 0 Å². The minimum Gasteiger partial charge on any atom is -0.332 e. The van der Waals surface area contributed by atoms with Crippen LogP contribution < -0.4 is 14.9 Å². The third kappa shape index (κ3) is 5.08. The lowest BCUT2D eigenvalue weighted by atomic mass is 9.99. The highest BCUT2D eigenvalue weighted by Crippen LogP contribution is 2.36. The fourth-order valence-electron chi connectivity index (χ4n) is 4.12. The van der Waals surface area contributed by atoms with Gasteiger partial charge in [0.05, 0.1) is 10.6 Å². The van der Waals surface area contributed by atoms with E-state index in [4.69, 9.17) is 12.2 Å². The minimum absolute atomic E-state index is 0.172. The molecule has 0 aromatic heterocycles. The van der Waals surface area contributed by atoms with Gasteiger partial charge in [-0.25, -0.2) is 12.8 Å². The molecule has 1 atom stereocenters. The monoisotopic (exact) mass is 497 g/mol. The van der Waals surface area contributed by atoms with Gasteiger partial charge in [0.25, 0.3) is 10.0 Å². The zero-order valence-electron chi connectivity index (χ0n) is 19.4. The Morgan fingerprint density at radius 1 is 1.00 bits per heavy atom. The van der Waals surface area contributed by atoms with E-state index in [9.17, 15) is 12.8 Å². The van der Waals surface area contributed by atoms with Crippen LogP contribution in [-0.4, -0.2) is 19.6 Å². The van der Waals surface area contributed by atoms with Crippen LogP contribution in [0, 0.1) is 5.82 Å². The molecule has 1 aliphatic heterocycles. The van der Waals surface area contributed by atoms with Gasteiger partial charge in [-0.05, 0) is 104 Å². The Balaban J connectivity index is 1.48. The van der Waals surface area contributed by atoms with Crippen LogP contribution in [0.25, 0.3) is 0 Å². The van der Waals surface area contributed by atoms with Crippen LogP contribution in [0.4, 0.5) is 21.5 Å². The van der Waals surface area contributed by atoms with Crippen molar-refractivity contribution in [1.82, 2.24) is 0 Å². The van der Waals surface area contributed by atoms with E-state index in [-0.39, 0.29) is 16.8 Å². The van der Waals surface area contributed by atoms with Crippen molar-refractivity contribution < 1.29 is 12.8 Å². The summed E-state index contributed by atoms with van der Waals surface area (Å²) in [4.78, 5) is 0.172. The van der Waals surface area contributed by atoms with Crippen LogP contribution in [-0.2, 0) is 16.4 Å². The van der Waals surface area contributed by atoms with Crippen molar-refractivity contribution in [3.63, 3.8) is 0 Å². The third-order valence-electron chi connectivity index (χ3n) is 6.01. The van der Waals surface area contributed by atoms with Gasteiger partial charge in [0.2, 0.25) is 0 Å². The Bertz CT molecular complexity index is 1290. The molecule has 1 heterocycles. The van der Waals surface area contributed by atoms with Crippen LogP contribution in [0.2, 0.25) is 0 Å². The molecule has 5 nitrogen and oxygen atoms in total. The highest BCUT2D eigenvalue weighted by Gasteiger charge is 2.34. The maximum atomic E-state index is 13.7. The predicted molar refractivity (Wildman–Crippen MR) is 141 cm³/mol. The van der Waals surface area contributed by atoms with E-state index >= 15 is 0 Å². The molecule has 1 aliphatic rings. The van der Waals surface area contributed by atoms with E-state index in [2.05, 4.69) is 36.6 Å². The van der Waals surface area contributed by atoms with E-state index in [1.165, 1.54) is 22.0 Å². The largest absolute Gasteiger partial charge is 0.332 e. The molecule has 0 spiro atoms. The summed E-state index contributed by atoms with van der Waals surface area (Å²) in [7, 11) is -3.81. The van der Waals surface area contributed by atoms with Gasteiger partial charge in [-0.1, -0.05) is 26.0 Å². The standard InChI is InChI=1S/C26H28FN3O2S2/c1-17(2)19-6-9-22(10-7-19)28-26(33)29-23-11-13-24(14-12-23)34(31,32)30-18(3)4-5-20-16-21(27)8-15-25(20)30/h6-18H,4-5H2,1-3H3,(H2,28,29,33). The average Bonchev–Trinajstić information content (AvgIpc) is 2.79. The number of aryl methyl sites for hydroxylation is 1. The summed E-state index contributed by atoms with van der Waals surface area (Å²) in [5.41, 5.74) is 4.03. The summed E-state index contributed by atoms with van der Waals surface area (Å²) in [6.45, 7) is 6.16. The quantitative estimate of drug-likeness (QED) is 0.406. The molecule has 0 saturated carbocycles. The van der Waals surface area contributed by atoms with Crippen LogP contribution in [0.15, 0.2) is 71.6 Å². The van der Waals surface area contributed by atoms with Crippen molar-refractivity contribution >= 4 is 44.4 Å². The minimum atomic E-state index is -3.81. The number of anilines is 3. The average molecular weight is 498 g/mol. The lowest BCUT2D eigenvalue weighted by molar-refractivity contribution is 0.560. The topological polar surface area (TPSA) is 61.4 Å². The van der Waals surface area contributed by atoms with Gasteiger partial charge < -0.3 is 10.6 Å². The third-order valence-corrected chi connectivity index (χ3v) is 8.16. The van der Waals surface area contributed by atoms with E-state index in [1.807, 2.05) is 19.1 Å². The first kappa shape index (κ1) is 24.2. The lowest BCUT2D eigenvalue weighted by Crippen LogP contribution is -2.42. The van der Waals surface area contributed by atoms with E-state index in [0.29, 0.717) is 40.8 Å². The number of halogens is 1. The number of nitrogens with zero attached hydrogens (tertiary/aromatic N) is 1. The molecule has 4 rings (SSSR count). The Kier molecular flexibility index (Phi) is 6.91. The number of fused-ring (bicyclic) bond motifs is 1. The Labute approximate surface area is 206 Å². The van der Waals surface area contributed by atoms with Gasteiger partial charge in [0.1, 0.15) is 5.82 Å². The van der Waals surface area contributed by atoms with Gasteiger partial charge in [0, 0.05) is 17.4 Å². The van der Waals surface area contributed by atoms with Crippen LogP contribution in [0.5, 0.6) is 0 Å². The maximum absolute atomic E-state index is 13.7. The number of hydrogen-bond donors (Lipinski definition) is 2. The number of hydrogen-bond acceptors (Lipinski definition) is 3. The first-order valence-corrected chi connectivity index (χ1v) is 13.1. The first-order chi connectivity index (χ1) is 16.1. The van der Waals surface area contributed by atoms with Gasteiger partial charge in [-0.2, -0.15) is 0 Å². The fraction of sp³-hybridized carbons (Fsp3) is 0.269. The summed E-state index contributed by atoms with van der Waals surface area (Å²) in [5, 5.41) is 6.64. The van der Waals surface area contributed by atoms with Crippen molar-refractivity contribution in [2.45, 2.75) is 50.5 Å². The van der Waals surface area contributed by atoms with Crippen LogP contribution in [0.3, 0.4) is 0 Å². The fourth-order valence-corrected chi connectivity index (χ4v) is 6.08. The summed E-state index contributed by atoms with van der Waals surface area (Å²) < 4.78 is 42.0. The van der Waals surface area contributed by atoms with Gasteiger partial charge in [-0.3, -0.25) is 4.31 Å². The van der Waals surface area contributed by atoms with E-state index in [0.717, 1.165) is 5.69 Å². The van der Waals surface area contributed by atoms with E-state index < -0.39 is 10.0 Å². The molecule has 8 heteroatoms. The molecule has 3 aromatic rings. The van der Waals surface area contributed by atoms with Crippen molar-refractivity contribution in [2.24, 2.45) is 0 Å². The molecule has 1 unspecified atom stereocenters. The number of sulfonamides is 1. The molecule has 0 aliphatic carbocycles. The lowest BCUT2D eigenvalue weighted by Gasteiger charge is -2.36. The van der Waals surface area contributed by atoms with Crippen LogP contribution in [0.1, 0.15) is 44.2 Å². The molecule has 0 fully saturated rings. The Morgan fingerprint density at radius 2 is 1.59 bits per heavy atom. The maximum Gasteiger partial charge on any atom is 0.264 e. The number of thiocarbonyl (C=S) groups is 1. The summed E-state index contributed by atoms with van der Waals surface area (Å²) in [5.74, 6) is 0.0954. The summed E-state index contributed by atoms with van der Waals surface area (Å²) in [6, 6.07) is 18.6. The number of nitrogens with one attached hydrogen (secondary N) is 2. The SMILES string of the molecule is CC(C)c1ccc(NC(=S)Nc2ccc(S(=O)(=O)N3c4ccc(F)cc4CCC3C)cc2)cc1. The van der Waals surface area contributed by atoms with E-state index in [1.54, 1.807) is 30.3 Å². The van der Waals surface area contributed by atoms with Crippen molar-refractivity contribution in [3.05, 3.63) is 83.7 Å². The molecule has 3 aromatic carbocycles. The summed E-state index contributed by atoms with van der Waals surface area (Å²) >= 11 is 5.40. The zero-order valence-corrected chi connectivity index (χ0v) is 21.0. The molecule has 34 heavy (non-hydrogen) atoms. The second kappa shape index (κ2) is 9.72. The molecule has 0 saturated heterocycles. The normalized spacial score (nSPS) is 15.7. The molecular weight excluding hydrogens is 469 g/mol. The molecular formula is C26H28FN3O2S2. The predicted octanol–water partition coefficient (Wildman–Crippen LogP) is 6.29. The van der Waals surface area contributed by atoms with Crippen LogP contribution >= 0.6 is 12.2 Å². The molecule has 0 amide bonds. The van der Waals surface area contributed by atoms with Crippen molar-refractivity contribution in [1.29, 1.82) is 0 Å². The molecule has 2 N–H and O–H groups in total. The number of rotatable bonds is 5. The van der Waals surface area contributed by atoms with Gasteiger partial charge in [-0.15, -0.1) is 0 Å². The van der Waals surface area contributed by atoms with Crippen molar-refractivity contribution in [3.8, 4) is 0 Å². The zero-order chi connectivity index (χ0) is 24.5. The highest BCUT2D eigenvalue weighted by molar-refractivity contribution is 7.92. The smallest absolute Gasteiger partial charge is 0.264 e. The second-order valence-electron chi connectivity index (χ2n) is 8.84. The molecule has 0 bridgehead atoms. The van der Waals surface area contributed by atoms with Crippen molar-refractivity contribution in [2.75, 3.05) is 14.9 Å². The molecule has 0 radical (unpaired) electrons.